The highest BCUT2D eigenvalue weighted by atomic mass is 79.9. The molecular formula is C14H19BrFN. The molecule has 0 amide bonds. The average molecular weight is 300 g/mol. The van der Waals surface area contributed by atoms with E-state index in [9.17, 15) is 4.39 Å². The van der Waals surface area contributed by atoms with E-state index in [1.807, 2.05) is 13.1 Å². The second-order valence-electron chi connectivity index (χ2n) is 4.94. The van der Waals surface area contributed by atoms with Gasteiger partial charge in [-0.15, -0.1) is 0 Å². The highest BCUT2D eigenvalue weighted by molar-refractivity contribution is 9.10. The van der Waals surface area contributed by atoms with Gasteiger partial charge in [0.1, 0.15) is 5.82 Å². The third-order valence-electron chi connectivity index (χ3n) is 3.73. The zero-order valence-corrected chi connectivity index (χ0v) is 11.8. The van der Waals surface area contributed by atoms with E-state index in [-0.39, 0.29) is 5.82 Å². The van der Waals surface area contributed by atoms with Crippen molar-refractivity contribution >= 4 is 15.9 Å². The van der Waals surface area contributed by atoms with Gasteiger partial charge in [0.05, 0.1) is 4.47 Å². The van der Waals surface area contributed by atoms with Crippen LogP contribution in [0.25, 0.3) is 0 Å². The Morgan fingerprint density at radius 3 is 3.00 bits per heavy atom. The van der Waals surface area contributed by atoms with Gasteiger partial charge in [0.25, 0.3) is 0 Å². The number of hydrogen-bond acceptors (Lipinski definition) is 1. The van der Waals surface area contributed by atoms with Crippen LogP contribution in [-0.2, 0) is 6.42 Å². The predicted molar refractivity (Wildman–Crippen MR) is 72.6 cm³/mol. The monoisotopic (exact) mass is 299 g/mol. The van der Waals surface area contributed by atoms with Crippen molar-refractivity contribution in [3.63, 3.8) is 0 Å². The molecule has 1 N–H and O–H groups in total. The molecule has 0 aromatic heterocycles. The van der Waals surface area contributed by atoms with Crippen molar-refractivity contribution in [1.82, 2.24) is 5.32 Å². The van der Waals surface area contributed by atoms with Crippen LogP contribution in [0.15, 0.2) is 22.7 Å². The minimum atomic E-state index is -0.150. The van der Waals surface area contributed by atoms with E-state index in [1.54, 1.807) is 6.07 Å². The molecule has 0 bridgehead atoms. The summed E-state index contributed by atoms with van der Waals surface area (Å²) in [6, 6.07) is 5.97. The van der Waals surface area contributed by atoms with E-state index in [0.717, 1.165) is 12.0 Å². The van der Waals surface area contributed by atoms with Crippen molar-refractivity contribution in [3.8, 4) is 0 Å². The van der Waals surface area contributed by atoms with Gasteiger partial charge in [-0.25, -0.2) is 4.39 Å². The molecule has 1 fully saturated rings. The molecule has 0 saturated heterocycles. The van der Waals surface area contributed by atoms with Crippen molar-refractivity contribution in [2.45, 2.75) is 38.1 Å². The maximum atomic E-state index is 13.4. The normalized spacial score (nSPS) is 24.9. The Morgan fingerprint density at radius 1 is 1.41 bits per heavy atom. The van der Waals surface area contributed by atoms with Gasteiger partial charge in [0, 0.05) is 6.04 Å². The first-order chi connectivity index (χ1) is 8.20. The Kier molecular flexibility index (Phi) is 4.57. The summed E-state index contributed by atoms with van der Waals surface area (Å²) in [6.45, 7) is 0. The van der Waals surface area contributed by atoms with Crippen molar-refractivity contribution in [3.05, 3.63) is 34.1 Å². The first kappa shape index (κ1) is 13.0. The van der Waals surface area contributed by atoms with Gasteiger partial charge in [0.15, 0.2) is 0 Å². The van der Waals surface area contributed by atoms with Crippen LogP contribution in [-0.4, -0.2) is 13.1 Å². The summed E-state index contributed by atoms with van der Waals surface area (Å²) in [5.74, 6) is 0.530. The van der Waals surface area contributed by atoms with Crippen LogP contribution in [0.4, 0.5) is 4.39 Å². The average Bonchev–Trinajstić information content (AvgIpc) is 2.35. The molecule has 1 nitrogen and oxygen atoms in total. The fourth-order valence-corrected chi connectivity index (χ4v) is 3.18. The lowest BCUT2D eigenvalue weighted by molar-refractivity contribution is 0.294. The lowest BCUT2D eigenvalue weighted by Gasteiger charge is -2.29. The maximum absolute atomic E-state index is 13.4. The van der Waals surface area contributed by atoms with Crippen LogP contribution < -0.4 is 5.32 Å². The van der Waals surface area contributed by atoms with E-state index in [0.29, 0.717) is 16.4 Å². The molecule has 1 aromatic carbocycles. The first-order valence-electron chi connectivity index (χ1n) is 6.31. The van der Waals surface area contributed by atoms with Gasteiger partial charge >= 0.3 is 0 Å². The van der Waals surface area contributed by atoms with Gasteiger partial charge in [0.2, 0.25) is 0 Å². The third kappa shape index (κ3) is 3.29. The van der Waals surface area contributed by atoms with Crippen molar-refractivity contribution < 1.29 is 4.39 Å². The highest BCUT2D eigenvalue weighted by Gasteiger charge is 2.21. The molecule has 2 unspecified atom stereocenters. The molecule has 1 aliphatic rings. The Morgan fingerprint density at radius 2 is 2.24 bits per heavy atom. The Labute approximate surface area is 111 Å². The van der Waals surface area contributed by atoms with Crippen molar-refractivity contribution in [2.75, 3.05) is 7.05 Å². The van der Waals surface area contributed by atoms with Gasteiger partial charge < -0.3 is 5.32 Å². The quantitative estimate of drug-likeness (QED) is 0.892. The lowest BCUT2D eigenvalue weighted by atomic mass is 9.82. The van der Waals surface area contributed by atoms with E-state index < -0.39 is 0 Å². The van der Waals surface area contributed by atoms with Gasteiger partial charge in [-0.3, -0.25) is 0 Å². The van der Waals surface area contributed by atoms with Crippen LogP contribution in [0.2, 0.25) is 0 Å². The highest BCUT2D eigenvalue weighted by Crippen LogP contribution is 2.30. The second kappa shape index (κ2) is 5.96. The summed E-state index contributed by atoms with van der Waals surface area (Å²) in [5, 5.41) is 3.36. The van der Waals surface area contributed by atoms with E-state index in [2.05, 4.69) is 21.2 Å². The molecule has 1 aromatic rings. The fraction of sp³-hybridized carbons (Fsp3) is 0.571. The number of rotatable bonds is 3. The molecule has 0 radical (unpaired) electrons. The summed E-state index contributed by atoms with van der Waals surface area (Å²) in [4.78, 5) is 0. The lowest BCUT2D eigenvalue weighted by Crippen LogP contribution is -2.32. The second-order valence-corrected chi connectivity index (χ2v) is 5.73. The summed E-state index contributed by atoms with van der Waals surface area (Å²) in [5.41, 5.74) is 1.10. The van der Waals surface area contributed by atoms with Crippen molar-refractivity contribution in [1.29, 1.82) is 0 Å². The van der Waals surface area contributed by atoms with Crippen LogP contribution in [0, 0.1) is 11.7 Å². The number of benzene rings is 1. The van der Waals surface area contributed by atoms with Crippen LogP contribution in [0.1, 0.15) is 31.2 Å². The van der Waals surface area contributed by atoms with Gasteiger partial charge in [-0.2, -0.15) is 0 Å². The molecule has 17 heavy (non-hydrogen) atoms. The summed E-state index contributed by atoms with van der Waals surface area (Å²) < 4.78 is 14.1. The molecule has 2 rings (SSSR count). The Hall–Kier alpha value is -0.410. The third-order valence-corrected chi connectivity index (χ3v) is 4.62. The van der Waals surface area contributed by atoms with Gasteiger partial charge in [-0.1, -0.05) is 25.0 Å². The van der Waals surface area contributed by atoms with Crippen LogP contribution >= 0.6 is 15.9 Å². The number of nitrogens with one attached hydrogen (secondary N) is 1. The smallest absolute Gasteiger partial charge is 0.137 e. The SMILES string of the molecule is CNC1CCCC(Cc2cccc(F)c2Br)C1. The van der Waals surface area contributed by atoms with E-state index in [4.69, 9.17) is 0 Å². The summed E-state index contributed by atoms with van der Waals surface area (Å²) in [7, 11) is 2.03. The van der Waals surface area contributed by atoms with Gasteiger partial charge in [-0.05, 0) is 59.8 Å². The number of hydrogen-bond donors (Lipinski definition) is 1. The van der Waals surface area contributed by atoms with Crippen LogP contribution in [0.5, 0.6) is 0 Å². The maximum Gasteiger partial charge on any atom is 0.137 e. The Balaban J connectivity index is 2.02. The van der Waals surface area contributed by atoms with E-state index >= 15 is 0 Å². The molecule has 3 heteroatoms. The first-order valence-corrected chi connectivity index (χ1v) is 7.10. The molecule has 2 atom stereocenters. The zero-order chi connectivity index (χ0) is 12.3. The van der Waals surface area contributed by atoms with Crippen LogP contribution in [0.3, 0.4) is 0 Å². The molecular weight excluding hydrogens is 281 g/mol. The van der Waals surface area contributed by atoms with Crippen molar-refractivity contribution in [2.24, 2.45) is 5.92 Å². The fourth-order valence-electron chi connectivity index (χ4n) is 2.76. The topological polar surface area (TPSA) is 12.0 Å². The Bertz CT molecular complexity index is 380. The standard InChI is InChI=1S/C14H19BrFN/c1-17-12-6-2-4-10(9-12)8-11-5-3-7-13(16)14(11)15/h3,5,7,10,12,17H,2,4,6,8-9H2,1H3. The number of halogens is 2. The largest absolute Gasteiger partial charge is 0.317 e. The predicted octanol–water partition coefficient (Wildman–Crippen LogP) is 3.91. The molecule has 1 aliphatic carbocycles. The molecule has 94 valence electrons. The molecule has 0 heterocycles. The molecule has 0 aliphatic heterocycles. The molecule has 1 saturated carbocycles. The summed E-state index contributed by atoms with van der Waals surface area (Å²) in [6.07, 6.45) is 6.01. The minimum Gasteiger partial charge on any atom is -0.317 e. The van der Waals surface area contributed by atoms with E-state index in [1.165, 1.54) is 31.7 Å². The minimum absolute atomic E-state index is 0.150. The summed E-state index contributed by atoms with van der Waals surface area (Å²) >= 11 is 3.35. The molecule has 0 spiro atoms. The zero-order valence-electron chi connectivity index (χ0n) is 10.2.